The smallest absolute Gasteiger partial charge is 0.215 e. The van der Waals surface area contributed by atoms with Gasteiger partial charge in [-0.2, -0.15) is 0 Å². The lowest BCUT2D eigenvalue weighted by Crippen LogP contribution is -2.08. The Hall–Kier alpha value is -3.09. The van der Waals surface area contributed by atoms with Gasteiger partial charge in [0.05, 0.1) is 16.1 Å². The molecule has 7 heteroatoms. The molecule has 0 bridgehead atoms. The number of carbonyl (C=O) groups excluding carboxylic acids is 1. The molecule has 3 aromatic carbocycles. The maximum atomic E-state index is 13.2. The van der Waals surface area contributed by atoms with Gasteiger partial charge in [-0.05, 0) is 30.3 Å². The first-order valence-electron chi connectivity index (χ1n) is 8.82. The fourth-order valence-corrected chi connectivity index (χ4v) is 3.87. The van der Waals surface area contributed by atoms with Crippen LogP contribution in [-0.4, -0.2) is 25.4 Å². The van der Waals surface area contributed by atoms with Crippen LogP contribution in [0.3, 0.4) is 0 Å². The fraction of sp³-hybridized carbons (Fsp3) is 0. The number of aromatic nitrogens is 4. The summed E-state index contributed by atoms with van der Waals surface area (Å²) < 4.78 is 2.71. The van der Waals surface area contributed by atoms with E-state index < -0.39 is 0 Å². The number of fused-ring (bicyclic) bond motifs is 3. The standard InChI is InChI=1S/C22H12BrClN4O/c23-14-10-11-16(24)15(12-14)21-26-27-22-19(20(29)13-6-2-1-3-7-13)25-17-8-4-5-9-18(17)28(21)22/h1-12H. The third kappa shape index (κ3) is 3.01. The molecule has 0 radical (unpaired) electrons. The Morgan fingerprint density at radius 1 is 0.931 bits per heavy atom. The van der Waals surface area contributed by atoms with Gasteiger partial charge in [0.25, 0.3) is 0 Å². The molecule has 0 aliphatic heterocycles. The van der Waals surface area contributed by atoms with Gasteiger partial charge in [0.15, 0.2) is 17.2 Å². The zero-order chi connectivity index (χ0) is 20.0. The molecule has 2 aromatic heterocycles. The van der Waals surface area contributed by atoms with E-state index in [0.29, 0.717) is 33.1 Å². The van der Waals surface area contributed by atoms with Gasteiger partial charge in [0.2, 0.25) is 5.78 Å². The highest BCUT2D eigenvalue weighted by Crippen LogP contribution is 2.32. The lowest BCUT2D eigenvalue weighted by Gasteiger charge is -2.09. The minimum atomic E-state index is -0.208. The zero-order valence-corrected chi connectivity index (χ0v) is 17.2. The first-order chi connectivity index (χ1) is 14.1. The predicted octanol–water partition coefficient (Wildman–Crippen LogP) is 5.59. The monoisotopic (exact) mass is 462 g/mol. The van der Waals surface area contributed by atoms with Crippen molar-refractivity contribution in [3.05, 3.63) is 93.5 Å². The molecular weight excluding hydrogens is 452 g/mol. The summed E-state index contributed by atoms with van der Waals surface area (Å²) in [5.74, 6) is 0.340. The molecule has 0 aliphatic rings. The average Bonchev–Trinajstić information content (AvgIpc) is 3.20. The molecule has 140 valence electrons. The van der Waals surface area contributed by atoms with Gasteiger partial charge in [-0.15, -0.1) is 10.2 Å². The van der Waals surface area contributed by atoms with Crippen LogP contribution < -0.4 is 0 Å². The molecule has 2 heterocycles. The molecule has 5 rings (SSSR count). The van der Waals surface area contributed by atoms with Crippen molar-refractivity contribution in [2.45, 2.75) is 0 Å². The molecule has 0 atom stereocenters. The van der Waals surface area contributed by atoms with Crippen LogP contribution in [0.1, 0.15) is 16.1 Å². The van der Waals surface area contributed by atoms with Gasteiger partial charge in [0, 0.05) is 15.6 Å². The lowest BCUT2D eigenvalue weighted by molar-refractivity contribution is 0.103. The number of nitrogens with zero attached hydrogens (tertiary/aromatic N) is 4. The minimum Gasteiger partial charge on any atom is -0.287 e. The van der Waals surface area contributed by atoms with Crippen molar-refractivity contribution >= 4 is 50.0 Å². The second-order valence-corrected chi connectivity index (χ2v) is 7.77. The maximum Gasteiger partial charge on any atom is 0.215 e. The summed E-state index contributed by atoms with van der Waals surface area (Å²) in [6.45, 7) is 0. The molecular formula is C22H12BrClN4O. The summed E-state index contributed by atoms with van der Waals surface area (Å²) in [7, 11) is 0. The largest absolute Gasteiger partial charge is 0.287 e. The first kappa shape index (κ1) is 18.0. The van der Waals surface area contributed by atoms with Crippen LogP contribution in [0.15, 0.2) is 77.3 Å². The maximum absolute atomic E-state index is 13.2. The average molecular weight is 464 g/mol. The van der Waals surface area contributed by atoms with Crippen molar-refractivity contribution in [3.63, 3.8) is 0 Å². The van der Waals surface area contributed by atoms with Crippen molar-refractivity contribution in [3.8, 4) is 11.4 Å². The predicted molar refractivity (Wildman–Crippen MR) is 116 cm³/mol. The summed E-state index contributed by atoms with van der Waals surface area (Å²) >= 11 is 9.93. The van der Waals surface area contributed by atoms with Gasteiger partial charge in [-0.25, -0.2) is 4.98 Å². The van der Waals surface area contributed by atoms with E-state index in [4.69, 9.17) is 11.6 Å². The number of halogens is 2. The molecule has 0 aliphatic carbocycles. The zero-order valence-electron chi connectivity index (χ0n) is 14.9. The Labute approximate surface area is 179 Å². The van der Waals surface area contributed by atoms with Gasteiger partial charge in [0.1, 0.15) is 0 Å². The highest BCUT2D eigenvalue weighted by molar-refractivity contribution is 9.10. The van der Waals surface area contributed by atoms with Crippen LogP contribution in [0.4, 0.5) is 0 Å². The van der Waals surface area contributed by atoms with Crippen molar-refractivity contribution in [2.75, 3.05) is 0 Å². The van der Waals surface area contributed by atoms with E-state index in [2.05, 4.69) is 31.1 Å². The Bertz CT molecular complexity index is 1400. The van der Waals surface area contributed by atoms with Crippen molar-refractivity contribution in [1.29, 1.82) is 0 Å². The van der Waals surface area contributed by atoms with E-state index in [1.54, 1.807) is 18.2 Å². The summed E-state index contributed by atoms with van der Waals surface area (Å²) in [5.41, 5.74) is 3.36. The highest BCUT2D eigenvalue weighted by Gasteiger charge is 2.22. The molecule has 0 saturated carbocycles. The normalized spacial score (nSPS) is 11.2. The number of para-hydroxylation sites is 2. The molecule has 0 saturated heterocycles. The first-order valence-corrected chi connectivity index (χ1v) is 9.99. The number of ketones is 1. The Morgan fingerprint density at radius 2 is 1.69 bits per heavy atom. The van der Waals surface area contributed by atoms with E-state index in [1.165, 1.54) is 0 Å². The van der Waals surface area contributed by atoms with Gasteiger partial charge < -0.3 is 0 Å². The SMILES string of the molecule is O=C(c1ccccc1)c1nc2ccccc2n2c(-c3cc(Br)ccc3Cl)nnc12. The Balaban J connectivity index is 1.86. The number of hydrogen-bond acceptors (Lipinski definition) is 4. The van der Waals surface area contributed by atoms with E-state index in [9.17, 15) is 4.79 Å². The second kappa shape index (κ2) is 7.06. The summed E-state index contributed by atoms with van der Waals surface area (Å²) in [5, 5.41) is 9.23. The van der Waals surface area contributed by atoms with Crippen molar-refractivity contribution in [2.24, 2.45) is 0 Å². The lowest BCUT2D eigenvalue weighted by atomic mass is 10.1. The summed E-state index contributed by atoms with van der Waals surface area (Å²) in [4.78, 5) is 17.8. The summed E-state index contributed by atoms with van der Waals surface area (Å²) in [6.07, 6.45) is 0. The van der Waals surface area contributed by atoms with Crippen LogP contribution in [0.25, 0.3) is 28.1 Å². The van der Waals surface area contributed by atoms with Crippen LogP contribution >= 0.6 is 27.5 Å². The second-order valence-electron chi connectivity index (χ2n) is 6.45. The number of carbonyl (C=O) groups is 1. The van der Waals surface area contributed by atoms with Crippen LogP contribution in [0, 0.1) is 0 Å². The van der Waals surface area contributed by atoms with E-state index in [-0.39, 0.29) is 11.5 Å². The number of benzene rings is 3. The molecule has 5 nitrogen and oxygen atoms in total. The molecule has 0 fully saturated rings. The quantitative estimate of drug-likeness (QED) is 0.327. The van der Waals surface area contributed by atoms with E-state index >= 15 is 0 Å². The van der Waals surface area contributed by atoms with Crippen LogP contribution in [0.5, 0.6) is 0 Å². The number of rotatable bonds is 3. The topological polar surface area (TPSA) is 60.2 Å². The fourth-order valence-electron chi connectivity index (χ4n) is 3.31. The highest BCUT2D eigenvalue weighted by atomic mass is 79.9. The molecule has 0 unspecified atom stereocenters. The van der Waals surface area contributed by atoms with Gasteiger partial charge >= 0.3 is 0 Å². The van der Waals surface area contributed by atoms with Crippen LogP contribution in [0.2, 0.25) is 5.02 Å². The summed E-state index contributed by atoms with van der Waals surface area (Å²) in [6, 6.07) is 22.1. The van der Waals surface area contributed by atoms with E-state index in [0.717, 1.165) is 9.99 Å². The van der Waals surface area contributed by atoms with Gasteiger partial charge in [-0.1, -0.05) is 70.0 Å². The minimum absolute atomic E-state index is 0.208. The van der Waals surface area contributed by atoms with Crippen LogP contribution in [-0.2, 0) is 0 Å². The Kier molecular flexibility index (Phi) is 4.38. The number of hydrogen-bond donors (Lipinski definition) is 0. The molecule has 0 N–H and O–H groups in total. The molecule has 5 aromatic rings. The third-order valence-corrected chi connectivity index (χ3v) is 5.47. The van der Waals surface area contributed by atoms with E-state index in [1.807, 2.05) is 59.0 Å². The Morgan fingerprint density at radius 3 is 2.52 bits per heavy atom. The van der Waals surface area contributed by atoms with Gasteiger partial charge in [-0.3, -0.25) is 9.20 Å². The molecule has 0 amide bonds. The van der Waals surface area contributed by atoms with Crippen molar-refractivity contribution in [1.82, 2.24) is 19.6 Å². The van der Waals surface area contributed by atoms with Crippen molar-refractivity contribution < 1.29 is 4.79 Å². The molecule has 29 heavy (non-hydrogen) atoms. The molecule has 0 spiro atoms. The third-order valence-electron chi connectivity index (χ3n) is 4.65.